The summed E-state index contributed by atoms with van der Waals surface area (Å²) < 4.78 is 0. The summed E-state index contributed by atoms with van der Waals surface area (Å²) in [6.07, 6.45) is 1.80. The van der Waals surface area contributed by atoms with Gasteiger partial charge in [-0.15, -0.1) is 0 Å². The molecule has 1 atom stereocenters. The highest BCUT2D eigenvalue weighted by atomic mass is 32.1. The fourth-order valence-electron chi connectivity index (χ4n) is 3.88. The van der Waals surface area contributed by atoms with Gasteiger partial charge in [-0.05, 0) is 24.9 Å². The maximum Gasteiger partial charge on any atom is 0.228 e. The van der Waals surface area contributed by atoms with Crippen molar-refractivity contribution < 1.29 is 0 Å². The van der Waals surface area contributed by atoms with Crippen molar-refractivity contribution in [2.75, 3.05) is 51.5 Å². The fourth-order valence-corrected chi connectivity index (χ4v) is 4.96. The smallest absolute Gasteiger partial charge is 0.228 e. The second-order valence-corrected chi connectivity index (χ2v) is 9.72. The number of hydrogen-bond donors (Lipinski definition) is 2. The zero-order valence-corrected chi connectivity index (χ0v) is 21.7. The van der Waals surface area contributed by atoms with E-state index in [2.05, 4.69) is 48.7 Å². The van der Waals surface area contributed by atoms with Crippen LogP contribution in [0, 0.1) is 0 Å². The third-order valence-electron chi connectivity index (χ3n) is 5.52. The molecule has 180 valence electrons. The number of nitrogens with one attached hydrogen (secondary N) is 2. The molecule has 0 bridgehead atoms. The summed E-state index contributed by atoms with van der Waals surface area (Å²) in [5.41, 5.74) is 5.05. The van der Waals surface area contributed by atoms with Crippen LogP contribution in [0.2, 0.25) is 0 Å². The number of rotatable bonds is 7. The van der Waals surface area contributed by atoms with Gasteiger partial charge in [-0.2, -0.15) is 4.98 Å². The van der Waals surface area contributed by atoms with Gasteiger partial charge in [-0.3, -0.25) is 10.3 Å². The lowest BCUT2D eigenvalue weighted by Gasteiger charge is -2.31. The molecule has 1 aromatic carbocycles. The summed E-state index contributed by atoms with van der Waals surface area (Å²) in [5.74, 6) is 1.49. The van der Waals surface area contributed by atoms with E-state index in [9.17, 15) is 0 Å². The molecular formula is C25H34N8S. The molecule has 0 radical (unpaired) electrons. The standard InChI is InChI=1S/C25H34N8S/c1-7-14-26-20-18-17(16-12-10-9-11-13-16)19-21(27-15-8-2)29-25(33(5)6)31-23(19)34-22(18)30-24(28-20)32(3)4/h9-13,20,26H,7-8,14-15H2,1-6H3,(H,28,30). The normalized spacial score (nSPS) is 15.6. The van der Waals surface area contributed by atoms with E-state index in [-0.39, 0.29) is 6.17 Å². The van der Waals surface area contributed by atoms with Gasteiger partial charge in [0.05, 0.1) is 5.56 Å². The molecule has 0 saturated carbocycles. The number of anilines is 2. The number of hydrogen-bond acceptors (Lipinski definition) is 9. The topological polar surface area (TPSA) is 81.0 Å². The number of aliphatic imine (C=N–C) groups is 1. The van der Waals surface area contributed by atoms with Gasteiger partial charge >= 0.3 is 0 Å². The number of benzene rings is 1. The molecule has 0 saturated heterocycles. The van der Waals surface area contributed by atoms with E-state index < -0.39 is 0 Å². The van der Waals surface area contributed by atoms with E-state index in [0.29, 0.717) is 12.5 Å². The highest BCUT2D eigenvalue weighted by molar-refractivity contribution is 7.19. The lowest BCUT2D eigenvalue weighted by Crippen LogP contribution is -2.37. The Morgan fingerprint density at radius 3 is 2.41 bits per heavy atom. The van der Waals surface area contributed by atoms with Crippen LogP contribution in [0.1, 0.15) is 38.4 Å². The molecule has 2 N–H and O–H groups in total. The molecule has 3 heterocycles. The van der Waals surface area contributed by atoms with Crippen molar-refractivity contribution in [1.29, 1.82) is 0 Å². The van der Waals surface area contributed by atoms with Crippen molar-refractivity contribution in [1.82, 2.24) is 20.2 Å². The lowest BCUT2D eigenvalue weighted by molar-refractivity contribution is 0.528. The molecule has 0 aromatic heterocycles. The van der Waals surface area contributed by atoms with Gasteiger partial charge < -0.3 is 15.1 Å². The molecule has 8 nitrogen and oxygen atoms in total. The molecule has 34 heavy (non-hydrogen) atoms. The molecule has 0 aliphatic carbocycles. The maximum atomic E-state index is 5.04. The molecule has 9 heteroatoms. The van der Waals surface area contributed by atoms with Gasteiger partial charge in [-0.25, -0.2) is 9.98 Å². The molecule has 4 rings (SSSR count). The Kier molecular flexibility index (Phi) is 7.43. The Hall–Kier alpha value is -3.04. The number of fused-ring (bicyclic) bond motifs is 2. The number of aromatic nitrogens is 2. The largest absolute Gasteiger partial charge is 0.349 e. The molecule has 0 fully saturated rings. The van der Waals surface area contributed by atoms with Crippen molar-refractivity contribution in [3.63, 3.8) is 0 Å². The zero-order valence-electron chi connectivity index (χ0n) is 20.9. The maximum absolute atomic E-state index is 5.04. The first-order chi connectivity index (χ1) is 16.4. The van der Waals surface area contributed by atoms with Crippen LogP contribution in [0.15, 0.2) is 40.3 Å². The second kappa shape index (κ2) is 10.5. The minimum absolute atomic E-state index is 0.183. The number of nitrogens with zero attached hydrogens (tertiary/aromatic N) is 6. The Bertz CT molecular complexity index is 1200. The van der Waals surface area contributed by atoms with E-state index in [1.807, 2.05) is 44.1 Å². The average Bonchev–Trinajstić information content (AvgIpc) is 2.84. The predicted octanol–water partition coefficient (Wildman–Crippen LogP) is 4.03. The molecule has 1 aromatic rings. The average molecular weight is 479 g/mol. The van der Waals surface area contributed by atoms with Crippen molar-refractivity contribution in [2.45, 2.75) is 32.9 Å². The summed E-state index contributed by atoms with van der Waals surface area (Å²) >= 11 is 1.64. The zero-order chi connectivity index (χ0) is 24.2. The molecular weight excluding hydrogens is 444 g/mol. The van der Waals surface area contributed by atoms with Crippen LogP contribution in [-0.4, -0.2) is 62.1 Å². The van der Waals surface area contributed by atoms with Crippen LogP contribution in [0.5, 0.6) is 0 Å². The second-order valence-electron chi connectivity index (χ2n) is 8.72. The third kappa shape index (κ3) is 4.76. The third-order valence-corrected chi connectivity index (χ3v) is 6.53. The van der Waals surface area contributed by atoms with Gasteiger partial charge in [0.25, 0.3) is 0 Å². The Morgan fingerprint density at radius 1 is 1.00 bits per heavy atom. The van der Waals surface area contributed by atoms with Gasteiger partial charge in [0.15, 0.2) is 5.49 Å². The Balaban J connectivity index is 2.11. The van der Waals surface area contributed by atoms with Crippen LogP contribution in [0.25, 0.3) is 21.7 Å². The van der Waals surface area contributed by atoms with Gasteiger partial charge in [0.1, 0.15) is 16.2 Å². The van der Waals surface area contributed by atoms with E-state index >= 15 is 0 Å². The van der Waals surface area contributed by atoms with E-state index in [4.69, 9.17) is 20.0 Å². The van der Waals surface area contributed by atoms with Crippen LogP contribution < -0.4 is 21.0 Å². The Morgan fingerprint density at radius 2 is 1.76 bits per heavy atom. The van der Waals surface area contributed by atoms with E-state index in [0.717, 1.165) is 63.1 Å². The highest BCUT2D eigenvalue weighted by Gasteiger charge is 2.32. The van der Waals surface area contributed by atoms with Crippen molar-refractivity contribution >= 4 is 28.2 Å². The lowest BCUT2D eigenvalue weighted by atomic mass is 9.94. The summed E-state index contributed by atoms with van der Waals surface area (Å²) in [4.78, 5) is 23.7. The van der Waals surface area contributed by atoms with Gasteiger partial charge in [0, 0.05) is 45.9 Å². The predicted molar refractivity (Wildman–Crippen MR) is 143 cm³/mol. The molecule has 3 aliphatic rings. The molecule has 3 aliphatic heterocycles. The van der Waals surface area contributed by atoms with E-state index in [1.165, 1.54) is 0 Å². The Labute approximate surface area is 205 Å². The van der Waals surface area contributed by atoms with Crippen molar-refractivity contribution in [3.8, 4) is 21.7 Å². The number of guanidine groups is 1. The van der Waals surface area contributed by atoms with Crippen LogP contribution >= 0.6 is 11.3 Å². The van der Waals surface area contributed by atoms with Gasteiger partial charge in [0.2, 0.25) is 11.9 Å². The minimum Gasteiger partial charge on any atom is -0.349 e. The van der Waals surface area contributed by atoms with Crippen molar-refractivity contribution in [2.24, 2.45) is 9.98 Å². The first-order valence-corrected chi connectivity index (χ1v) is 12.6. The molecule has 0 spiro atoms. The summed E-state index contributed by atoms with van der Waals surface area (Å²) in [5, 5.41) is 9.17. The first kappa shape index (κ1) is 24.1. The summed E-state index contributed by atoms with van der Waals surface area (Å²) in [7, 11) is 7.94. The molecule has 0 amide bonds. The minimum atomic E-state index is -0.183. The summed E-state index contributed by atoms with van der Waals surface area (Å²) in [6.45, 7) is 5.89. The molecule has 1 unspecified atom stereocenters. The van der Waals surface area contributed by atoms with Crippen LogP contribution in [0.3, 0.4) is 0 Å². The monoisotopic (exact) mass is 478 g/mol. The van der Waals surface area contributed by atoms with Gasteiger partial charge in [-0.1, -0.05) is 55.5 Å². The first-order valence-electron chi connectivity index (χ1n) is 11.8. The summed E-state index contributed by atoms with van der Waals surface area (Å²) in [6, 6.07) is 10.5. The fraction of sp³-hybridized carbons (Fsp3) is 0.440. The van der Waals surface area contributed by atoms with Crippen LogP contribution in [-0.2, 0) is 0 Å². The quantitative estimate of drug-likeness (QED) is 0.534. The van der Waals surface area contributed by atoms with Crippen molar-refractivity contribution in [3.05, 3.63) is 41.4 Å². The van der Waals surface area contributed by atoms with E-state index in [1.54, 1.807) is 11.3 Å². The highest BCUT2D eigenvalue weighted by Crippen LogP contribution is 2.46. The van der Waals surface area contributed by atoms with Crippen LogP contribution in [0.4, 0.5) is 10.9 Å². The SMILES string of the molecule is CCCN=c1nc(N(C)C)nc2sc3c(c(-c4ccccc4)c1-2)C(NCCC)N=C(N(C)C)N3.